The van der Waals surface area contributed by atoms with Crippen LogP contribution in [-0.2, 0) is 6.54 Å². The number of hydrogen-bond donors (Lipinski definition) is 1. The van der Waals surface area contributed by atoms with Gasteiger partial charge in [0, 0.05) is 24.1 Å². The Balaban J connectivity index is 2.60. The Labute approximate surface area is 99.4 Å². The second kappa shape index (κ2) is 6.77. The minimum Gasteiger partial charge on any atom is -0.395 e. The van der Waals surface area contributed by atoms with Crippen molar-refractivity contribution in [3.05, 3.63) is 47.0 Å². The van der Waals surface area contributed by atoms with Gasteiger partial charge in [-0.05, 0) is 17.7 Å². The molecule has 0 saturated heterocycles. The number of benzene rings is 1. The van der Waals surface area contributed by atoms with Crippen molar-refractivity contribution in [2.75, 3.05) is 19.7 Å². The molecule has 0 amide bonds. The first-order valence-corrected chi connectivity index (χ1v) is 5.74. The van der Waals surface area contributed by atoms with Gasteiger partial charge in [-0.2, -0.15) is 0 Å². The van der Waals surface area contributed by atoms with Gasteiger partial charge in [0.15, 0.2) is 0 Å². The van der Waals surface area contributed by atoms with Crippen LogP contribution >= 0.6 is 15.9 Å². The molecule has 0 aliphatic rings. The van der Waals surface area contributed by atoms with Crippen molar-refractivity contribution in [1.29, 1.82) is 0 Å². The Bertz CT molecular complexity index is 314. The molecule has 0 bridgehead atoms. The van der Waals surface area contributed by atoms with E-state index in [0.29, 0.717) is 6.54 Å². The average molecular weight is 270 g/mol. The summed E-state index contributed by atoms with van der Waals surface area (Å²) in [6.07, 6.45) is 1.85. The molecule has 0 aliphatic carbocycles. The Hall–Kier alpha value is -0.640. The third kappa shape index (κ3) is 4.60. The van der Waals surface area contributed by atoms with Gasteiger partial charge in [0.2, 0.25) is 0 Å². The largest absolute Gasteiger partial charge is 0.395 e. The molecule has 0 radical (unpaired) electrons. The number of hydrogen-bond acceptors (Lipinski definition) is 2. The van der Waals surface area contributed by atoms with E-state index in [1.165, 1.54) is 5.56 Å². The van der Waals surface area contributed by atoms with E-state index in [1.54, 1.807) is 0 Å². The lowest BCUT2D eigenvalue weighted by Crippen LogP contribution is -2.26. The molecular weight excluding hydrogens is 254 g/mol. The van der Waals surface area contributed by atoms with E-state index in [1.807, 2.05) is 18.2 Å². The van der Waals surface area contributed by atoms with E-state index in [0.717, 1.165) is 17.6 Å². The summed E-state index contributed by atoms with van der Waals surface area (Å²) in [5, 5.41) is 8.91. The Kier molecular flexibility index (Phi) is 5.61. The Morgan fingerprint density at radius 2 is 2.27 bits per heavy atom. The van der Waals surface area contributed by atoms with E-state index in [9.17, 15) is 0 Å². The lowest BCUT2D eigenvalue weighted by atomic mass is 10.2. The average Bonchev–Trinajstić information content (AvgIpc) is 2.18. The van der Waals surface area contributed by atoms with E-state index in [2.05, 4.69) is 39.5 Å². The van der Waals surface area contributed by atoms with Gasteiger partial charge in [-0.25, -0.2) is 0 Å². The van der Waals surface area contributed by atoms with Crippen LogP contribution in [0.15, 0.2) is 41.4 Å². The van der Waals surface area contributed by atoms with Gasteiger partial charge < -0.3 is 5.11 Å². The number of aliphatic hydroxyl groups is 1. The highest BCUT2D eigenvalue weighted by Gasteiger charge is 2.03. The van der Waals surface area contributed by atoms with Crippen LogP contribution < -0.4 is 0 Å². The highest BCUT2D eigenvalue weighted by Crippen LogP contribution is 2.13. The molecule has 82 valence electrons. The second-order valence-electron chi connectivity index (χ2n) is 3.38. The van der Waals surface area contributed by atoms with Gasteiger partial charge in [-0.3, -0.25) is 4.90 Å². The predicted molar refractivity (Wildman–Crippen MR) is 66.7 cm³/mol. The van der Waals surface area contributed by atoms with Crippen LogP contribution in [0.3, 0.4) is 0 Å². The summed E-state index contributed by atoms with van der Waals surface area (Å²) in [7, 11) is 0. The molecule has 3 heteroatoms. The Morgan fingerprint density at radius 1 is 1.47 bits per heavy atom. The van der Waals surface area contributed by atoms with E-state index < -0.39 is 0 Å². The first-order valence-electron chi connectivity index (χ1n) is 4.95. The fourth-order valence-electron chi connectivity index (χ4n) is 1.45. The van der Waals surface area contributed by atoms with Crippen LogP contribution in [0, 0.1) is 0 Å². The van der Waals surface area contributed by atoms with Crippen LogP contribution in [0.2, 0.25) is 0 Å². The minimum atomic E-state index is 0.182. The number of rotatable bonds is 6. The molecule has 2 nitrogen and oxygen atoms in total. The number of nitrogens with zero attached hydrogens (tertiary/aromatic N) is 1. The molecule has 15 heavy (non-hydrogen) atoms. The van der Waals surface area contributed by atoms with Crippen LogP contribution in [0.1, 0.15) is 5.56 Å². The second-order valence-corrected chi connectivity index (χ2v) is 4.29. The maximum atomic E-state index is 8.91. The topological polar surface area (TPSA) is 23.5 Å². The minimum absolute atomic E-state index is 0.182. The van der Waals surface area contributed by atoms with Crippen molar-refractivity contribution in [2.45, 2.75) is 6.54 Å². The van der Waals surface area contributed by atoms with Gasteiger partial charge in [0.25, 0.3) is 0 Å². The Morgan fingerprint density at radius 3 is 2.87 bits per heavy atom. The van der Waals surface area contributed by atoms with Crippen molar-refractivity contribution in [2.24, 2.45) is 0 Å². The summed E-state index contributed by atoms with van der Waals surface area (Å²) >= 11 is 3.44. The SMILES string of the molecule is C=CCN(CCO)Cc1cccc(Br)c1. The molecule has 0 heterocycles. The molecule has 0 fully saturated rings. The smallest absolute Gasteiger partial charge is 0.0558 e. The molecule has 1 aromatic carbocycles. The molecule has 1 aromatic rings. The van der Waals surface area contributed by atoms with Gasteiger partial charge in [0.05, 0.1) is 6.61 Å². The van der Waals surface area contributed by atoms with Crippen molar-refractivity contribution < 1.29 is 5.11 Å². The zero-order valence-electron chi connectivity index (χ0n) is 8.69. The molecule has 0 aromatic heterocycles. The highest BCUT2D eigenvalue weighted by molar-refractivity contribution is 9.10. The quantitative estimate of drug-likeness (QED) is 0.802. The molecule has 0 saturated carbocycles. The number of halogens is 1. The third-order valence-corrected chi connectivity index (χ3v) is 2.59. The standard InChI is InChI=1S/C12H16BrNO/c1-2-6-14(7-8-15)10-11-4-3-5-12(13)9-11/h2-5,9,15H,1,6-8,10H2. The summed E-state index contributed by atoms with van der Waals surface area (Å²) < 4.78 is 1.09. The van der Waals surface area contributed by atoms with Gasteiger partial charge in [-0.15, -0.1) is 6.58 Å². The fourth-order valence-corrected chi connectivity index (χ4v) is 1.90. The summed E-state index contributed by atoms with van der Waals surface area (Å²) in [6.45, 7) is 6.21. The third-order valence-electron chi connectivity index (χ3n) is 2.10. The monoisotopic (exact) mass is 269 g/mol. The predicted octanol–water partition coefficient (Wildman–Crippen LogP) is 2.43. The molecule has 0 atom stereocenters. The molecule has 1 N–H and O–H groups in total. The molecule has 0 spiro atoms. The molecule has 0 unspecified atom stereocenters. The lowest BCUT2D eigenvalue weighted by Gasteiger charge is -2.19. The molecular formula is C12H16BrNO. The van der Waals surface area contributed by atoms with Crippen LogP contribution in [0.25, 0.3) is 0 Å². The summed E-state index contributed by atoms with van der Waals surface area (Å²) in [6, 6.07) is 8.20. The van der Waals surface area contributed by atoms with Crippen molar-refractivity contribution in [1.82, 2.24) is 4.90 Å². The van der Waals surface area contributed by atoms with E-state index >= 15 is 0 Å². The normalized spacial score (nSPS) is 10.6. The van der Waals surface area contributed by atoms with Crippen molar-refractivity contribution in [3.8, 4) is 0 Å². The van der Waals surface area contributed by atoms with Crippen LogP contribution in [-0.4, -0.2) is 29.7 Å². The maximum absolute atomic E-state index is 8.91. The molecule has 0 aliphatic heterocycles. The highest BCUT2D eigenvalue weighted by atomic mass is 79.9. The first-order chi connectivity index (χ1) is 7.26. The van der Waals surface area contributed by atoms with Crippen LogP contribution in [0.5, 0.6) is 0 Å². The van der Waals surface area contributed by atoms with Gasteiger partial charge in [-0.1, -0.05) is 34.1 Å². The fraction of sp³-hybridized carbons (Fsp3) is 0.333. The summed E-state index contributed by atoms with van der Waals surface area (Å²) in [5.41, 5.74) is 1.24. The van der Waals surface area contributed by atoms with E-state index in [4.69, 9.17) is 5.11 Å². The van der Waals surface area contributed by atoms with Gasteiger partial charge in [0.1, 0.15) is 0 Å². The zero-order valence-corrected chi connectivity index (χ0v) is 10.3. The van der Waals surface area contributed by atoms with E-state index in [-0.39, 0.29) is 6.61 Å². The summed E-state index contributed by atoms with van der Waals surface area (Å²) in [5.74, 6) is 0. The first kappa shape index (κ1) is 12.4. The van der Waals surface area contributed by atoms with Crippen molar-refractivity contribution >= 4 is 15.9 Å². The summed E-state index contributed by atoms with van der Waals surface area (Å²) in [4.78, 5) is 2.15. The number of aliphatic hydroxyl groups excluding tert-OH is 1. The molecule has 1 rings (SSSR count). The zero-order chi connectivity index (χ0) is 11.1. The van der Waals surface area contributed by atoms with Gasteiger partial charge >= 0.3 is 0 Å². The maximum Gasteiger partial charge on any atom is 0.0558 e. The van der Waals surface area contributed by atoms with Crippen LogP contribution in [0.4, 0.5) is 0 Å². The van der Waals surface area contributed by atoms with Crippen molar-refractivity contribution in [3.63, 3.8) is 0 Å². The lowest BCUT2D eigenvalue weighted by molar-refractivity contribution is 0.203.